The molecule has 1 fully saturated rings. The molecule has 1 aromatic heterocycles. The quantitative estimate of drug-likeness (QED) is 0.743. The van der Waals surface area contributed by atoms with Crippen molar-refractivity contribution in [3.63, 3.8) is 0 Å². The van der Waals surface area contributed by atoms with Crippen LogP contribution in [0.1, 0.15) is 48.6 Å². The number of carbonyl (C=O) groups is 1. The van der Waals surface area contributed by atoms with Gasteiger partial charge < -0.3 is 10.2 Å². The van der Waals surface area contributed by atoms with Gasteiger partial charge in [0.2, 0.25) is 5.82 Å². The van der Waals surface area contributed by atoms with Gasteiger partial charge in [0.15, 0.2) is 0 Å². The third kappa shape index (κ3) is 3.76. The van der Waals surface area contributed by atoms with Crippen LogP contribution >= 0.6 is 0 Å². The number of hydrogen-bond donors (Lipinski definition) is 1. The fourth-order valence-corrected chi connectivity index (χ4v) is 3.59. The fraction of sp³-hybridized carbons (Fsp3) is 0.348. The SMILES string of the molecule is CC(C)(C)c1ccc(C2CN(C(=O)c3ncc4ccccc4n3)CCN2)cc1. The van der Waals surface area contributed by atoms with Gasteiger partial charge in [-0.1, -0.05) is 63.2 Å². The van der Waals surface area contributed by atoms with E-state index in [1.165, 1.54) is 11.1 Å². The van der Waals surface area contributed by atoms with Gasteiger partial charge in [0.1, 0.15) is 0 Å². The van der Waals surface area contributed by atoms with Crippen molar-refractivity contribution >= 4 is 16.8 Å². The summed E-state index contributed by atoms with van der Waals surface area (Å²) in [5.41, 5.74) is 3.44. The molecule has 1 N–H and O–H groups in total. The number of rotatable bonds is 2. The van der Waals surface area contributed by atoms with Crippen molar-refractivity contribution in [2.75, 3.05) is 19.6 Å². The standard InChI is InChI=1S/C23H26N4O/c1-23(2,3)18-10-8-16(9-11-18)20-15-27(13-12-24-20)22(28)21-25-14-17-6-4-5-7-19(17)26-21/h4-11,14,20,24H,12-13,15H2,1-3H3. The Bertz CT molecular complexity index is 991. The van der Waals surface area contributed by atoms with Gasteiger partial charge >= 0.3 is 0 Å². The van der Waals surface area contributed by atoms with Crippen LogP contribution in [0.4, 0.5) is 0 Å². The number of nitrogens with zero attached hydrogens (tertiary/aromatic N) is 3. The lowest BCUT2D eigenvalue weighted by atomic mass is 9.86. The van der Waals surface area contributed by atoms with Crippen LogP contribution in [0, 0.1) is 0 Å². The average molecular weight is 374 g/mol. The average Bonchev–Trinajstić information content (AvgIpc) is 2.72. The number of amides is 1. The van der Waals surface area contributed by atoms with E-state index in [1.807, 2.05) is 29.2 Å². The van der Waals surface area contributed by atoms with E-state index in [0.717, 1.165) is 17.4 Å². The Kier molecular flexibility index (Phi) is 4.85. The Balaban J connectivity index is 1.52. The van der Waals surface area contributed by atoms with Gasteiger partial charge in [-0.25, -0.2) is 9.97 Å². The minimum Gasteiger partial charge on any atom is -0.333 e. The number of hydrogen-bond acceptors (Lipinski definition) is 4. The summed E-state index contributed by atoms with van der Waals surface area (Å²) in [7, 11) is 0. The number of carbonyl (C=O) groups excluding carboxylic acids is 1. The first kappa shape index (κ1) is 18.6. The van der Waals surface area contributed by atoms with Crippen LogP contribution in [0.3, 0.4) is 0 Å². The molecule has 1 saturated heterocycles. The Morgan fingerprint density at radius 3 is 2.61 bits per heavy atom. The zero-order valence-electron chi connectivity index (χ0n) is 16.6. The van der Waals surface area contributed by atoms with Gasteiger partial charge in [-0.2, -0.15) is 0 Å². The van der Waals surface area contributed by atoms with Crippen LogP contribution in [0.15, 0.2) is 54.7 Å². The van der Waals surface area contributed by atoms with Gasteiger partial charge in [0.25, 0.3) is 5.91 Å². The predicted octanol–water partition coefficient (Wildman–Crippen LogP) is 3.71. The molecule has 1 unspecified atom stereocenters. The number of nitrogens with one attached hydrogen (secondary N) is 1. The lowest BCUT2D eigenvalue weighted by molar-refractivity contribution is 0.0691. The summed E-state index contributed by atoms with van der Waals surface area (Å²) < 4.78 is 0. The first-order chi connectivity index (χ1) is 13.4. The maximum atomic E-state index is 13.0. The van der Waals surface area contributed by atoms with E-state index in [-0.39, 0.29) is 23.2 Å². The molecule has 4 rings (SSSR count). The van der Waals surface area contributed by atoms with Crippen LogP contribution in [-0.4, -0.2) is 40.4 Å². The number of aromatic nitrogens is 2. The third-order valence-corrected chi connectivity index (χ3v) is 5.32. The molecule has 1 aliphatic heterocycles. The smallest absolute Gasteiger partial charge is 0.291 e. The van der Waals surface area contributed by atoms with Gasteiger partial charge in [-0.05, 0) is 22.6 Å². The van der Waals surface area contributed by atoms with Crippen molar-refractivity contribution in [2.24, 2.45) is 0 Å². The van der Waals surface area contributed by atoms with Crippen molar-refractivity contribution in [1.82, 2.24) is 20.2 Å². The molecule has 3 aromatic rings. The van der Waals surface area contributed by atoms with Crippen LogP contribution < -0.4 is 5.32 Å². The molecule has 1 atom stereocenters. The summed E-state index contributed by atoms with van der Waals surface area (Å²) in [6, 6.07) is 16.5. The van der Waals surface area contributed by atoms with E-state index in [2.05, 4.69) is 60.3 Å². The molecule has 2 heterocycles. The molecular weight excluding hydrogens is 348 g/mol. The minimum atomic E-state index is -0.108. The second-order valence-corrected chi connectivity index (χ2v) is 8.38. The highest BCUT2D eigenvalue weighted by Crippen LogP contribution is 2.25. The third-order valence-electron chi connectivity index (χ3n) is 5.32. The van der Waals surface area contributed by atoms with E-state index in [0.29, 0.717) is 13.1 Å². The molecule has 5 heteroatoms. The summed E-state index contributed by atoms with van der Waals surface area (Å²) >= 11 is 0. The zero-order valence-corrected chi connectivity index (χ0v) is 16.6. The van der Waals surface area contributed by atoms with Gasteiger partial charge in [-0.3, -0.25) is 4.79 Å². The van der Waals surface area contributed by atoms with Gasteiger partial charge in [-0.15, -0.1) is 0 Å². The summed E-state index contributed by atoms with van der Waals surface area (Å²) in [5, 5.41) is 4.47. The number of para-hydroxylation sites is 1. The Labute approximate surface area is 165 Å². The van der Waals surface area contributed by atoms with Crippen molar-refractivity contribution in [3.8, 4) is 0 Å². The van der Waals surface area contributed by atoms with Crippen molar-refractivity contribution in [2.45, 2.75) is 32.2 Å². The van der Waals surface area contributed by atoms with Gasteiger partial charge in [0.05, 0.1) is 5.52 Å². The summed E-state index contributed by atoms with van der Waals surface area (Å²) in [4.78, 5) is 23.6. The Hall–Kier alpha value is -2.79. The first-order valence-electron chi connectivity index (χ1n) is 9.77. The second-order valence-electron chi connectivity index (χ2n) is 8.38. The van der Waals surface area contributed by atoms with Crippen LogP contribution in [0.25, 0.3) is 10.9 Å². The topological polar surface area (TPSA) is 58.1 Å². The molecular formula is C23H26N4O. The number of benzene rings is 2. The predicted molar refractivity (Wildman–Crippen MR) is 111 cm³/mol. The Morgan fingerprint density at radius 1 is 1.11 bits per heavy atom. The molecule has 2 aromatic carbocycles. The normalized spacial score (nSPS) is 17.7. The van der Waals surface area contributed by atoms with Crippen LogP contribution in [-0.2, 0) is 5.41 Å². The van der Waals surface area contributed by atoms with Crippen molar-refractivity contribution < 1.29 is 4.79 Å². The van der Waals surface area contributed by atoms with Gasteiger partial charge in [0, 0.05) is 37.3 Å². The van der Waals surface area contributed by atoms with E-state index in [1.54, 1.807) is 6.20 Å². The van der Waals surface area contributed by atoms with E-state index < -0.39 is 0 Å². The number of piperazine rings is 1. The highest BCUT2D eigenvalue weighted by Gasteiger charge is 2.27. The van der Waals surface area contributed by atoms with Crippen LogP contribution in [0.5, 0.6) is 0 Å². The largest absolute Gasteiger partial charge is 0.333 e. The second kappa shape index (κ2) is 7.32. The maximum absolute atomic E-state index is 13.0. The highest BCUT2D eigenvalue weighted by atomic mass is 16.2. The molecule has 0 radical (unpaired) electrons. The molecule has 0 aliphatic carbocycles. The maximum Gasteiger partial charge on any atom is 0.291 e. The Morgan fingerprint density at radius 2 is 1.86 bits per heavy atom. The molecule has 28 heavy (non-hydrogen) atoms. The van der Waals surface area contributed by atoms with E-state index >= 15 is 0 Å². The highest BCUT2D eigenvalue weighted by molar-refractivity contribution is 5.92. The first-order valence-corrected chi connectivity index (χ1v) is 9.77. The zero-order chi connectivity index (χ0) is 19.7. The minimum absolute atomic E-state index is 0.108. The summed E-state index contributed by atoms with van der Waals surface area (Å²) in [5.74, 6) is 0.158. The monoisotopic (exact) mass is 374 g/mol. The van der Waals surface area contributed by atoms with E-state index in [4.69, 9.17) is 0 Å². The summed E-state index contributed by atoms with van der Waals surface area (Å²) in [6.45, 7) is 8.67. The lowest BCUT2D eigenvalue weighted by Gasteiger charge is -2.34. The van der Waals surface area contributed by atoms with Crippen LogP contribution in [0.2, 0.25) is 0 Å². The van der Waals surface area contributed by atoms with Crippen molar-refractivity contribution in [1.29, 1.82) is 0 Å². The van der Waals surface area contributed by atoms with Crippen molar-refractivity contribution in [3.05, 3.63) is 71.7 Å². The molecule has 5 nitrogen and oxygen atoms in total. The molecule has 144 valence electrons. The summed E-state index contributed by atoms with van der Waals surface area (Å²) in [6.07, 6.45) is 1.72. The molecule has 0 bridgehead atoms. The number of fused-ring (bicyclic) bond motifs is 1. The van der Waals surface area contributed by atoms with E-state index in [9.17, 15) is 4.79 Å². The fourth-order valence-electron chi connectivity index (χ4n) is 3.59. The molecule has 1 aliphatic rings. The molecule has 0 saturated carbocycles. The molecule has 1 amide bonds. The molecule has 0 spiro atoms. The lowest BCUT2D eigenvalue weighted by Crippen LogP contribution is -2.48.